The lowest BCUT2D eigenvalue weighted by atomic mass is 10.4. The Bertz CT molecular complexity index is 289. The summed E-state index contributed by atoms with van der Waals surface area (Å²) >= 11 is 0. The zero-order valence-corrected chi connectivity index (χ0v) is 9.45. The first-order valence-corrected chi connectivity index (χ1v) is 5.76. The molecule has 1 aromatic heterocycles. The second-order valence-corrected chi connectivity index (χ2v) is 4.16. The largest absolute Gasteiger partial charge is 0.332 e. The zero-order chi connectivity index (χ0) is 10.5. The van der Waals surface area contributed by atoms with Crippen LogP contribution in [-0.2, 0) is 13.1 Å². The highest BCUT2D eigenvalue weighted by Crippen LogP contribution is 2.07. The van der Waals surface area contributed by atoms with E-state index in [-0.39, 0.29) is 0 Å². The van der Waals surface area contributed by atoms with Crippen molar-refractivity contribution in [2.45, 2.75) is 25.9 Å². The summed E-state index contributed by atoms with van der Waals surface area (Å²) in [4.78, 5) is 6.72. The highest BCUT2D eigenvalue weighted by Gasteiger charge is 2.11. The summed E-state index contributed by atoms with van der Waals surface area (Å²) < 4.78 is 2.24. The van der Waals surface area contributed by atoms with Gasteiger partial charge in [0.1, 0.15) is 0 Å². The highest BCUT2D eigenvalue weighted by atomic mass is 15.2. The number of aromatic nitrogens is 2. The summed E-state index contributed by atoms with van der Waals surface area (Å²) in [7, 11) is 1.97. The molecule has 0 bridgehead atoms. The number of nitrogens with zero attached hydrogens (tertiary/aromatic N) is 3. The number of likely N-dealkylation sites (tertiary alicyclic amines) is 1. The molecule has 84 valence electrons. The fourth-order valence-electron chi connectivity index (χ4n) is 2.13. The predicted molar refractivity (Wildman–Crippen MR) is 60.7 cm³/mol. The van der Waals surface area contributed by atoms with Crippen molar-refractivity contribution in [2.24, 2.45) is 0 Å². The van der Waals surface area contributed by atoms with Crippen molar-refractivity contribution in [1.82, 2.24) is 19.8 Å². The molecule has 4 nitrogen and oxygen atoms in total. The minimum Gasteiger partial charge on any atom is -0.332 e. The fraction of sp³-hybridized carbons (Fsp3) is 0.727. The summed E-state index contributed by atoms with van der Waals surface area (Å²) in [5.41, 5.74) is 1.27. The number of rotatable bonds is 5. The SMILES string of the molecule is CNCc1cncn1CCN1CCCC1. The van der Waals surface area contributed by atoms with E-state index < -0.39 is 0 Å². The second-order valence-electron chi connectivity index (χ2n) is 4.16. The van der Waals surface area contributed by atoms with Gasteiger partial charge in [-0.15, -0.1) is 0 Å². The van der Waals surface area contributed by atoms with Gasteiger partial charge in [0.15, 0.2) is 0 Å². The maximum atomic E-state index is 4.19. The lowest BCUT2D eigenvalue weighted by Crippen LogP contribution is -2.25. The van der Waals surface area contributed by atoms with Crippen LogP contribution in [0.25, 0.3) is 0 Å². The maximum absolute atomic E-state index is 4.19. The molecule has 0 saturated carbocycles. The van der Waals surface area contributed by atoms with Gasteiger partial charge in [-0.05, 0) is 33.0 Å². The Morgan fingerprint density at radius 1 is 1.33 bits per heavy atom. The number of nitrogens with one attached hydrogen (secondary N) is 1. The zero-order valence-electron chi connectivity index (χ0n) is 9.45. The molecule has 15 heavy (non-hydrogen) atoms. The minimum absolute atomic E-state index is 0.903. The van der Waals surface area contributed by atoms with Crippen molar-refractivity contribution in [2.75, 3.05) is 26.7 Å². The van der Waals surface area contributed by atoms with E-state index in [4.69, 9.17) is 0 Å². The van der Waals surface area contributed by atoms with Crippen LogP contribution >= 0.6 is 0 Å². The first-order valence-electron chi connectivity index (χ1n) is 5.76. The minimum atomic E-state index is 0.903. The molecule has 0 aromatic carbocycles. The highest BCUT2D eigenvalue weighted by molar-refractivity contribution is 4.97. The smallest absolute Gasteiger partial charge is 0.0949 e. The van der Waals surface area contributed by atoms with Crippen molar-refractivity contribution in [3.8, 4) is 0 Å². The van der Waals surface area contributed by atoms with Gasteiger partial charge in [0.25, 0.3) is 0 Å². The van der Waals surface area contributed by atoms with Crippen molar-refractivity contribution in [3.05, 3.63) is 18.2 Å². The van der Waals surface area contributed by atoms with Gasteiger partial charge in [-0.3, -0.25) is 0 Å². The van der Waals surface area contributed by atoms with E-state index in [0.29, 0.717) is 0 Å². The van der Waals surface area contributed by atoms with Crippen LogP contribution in [0.4, 0.5) is 0 Å². The predicted octanol–water partition coefficient (Wildman–Crippen LogP) is 0.698. The Labute approximate surface area is 91.3 Å². The third kappa shape index (κ3) is 2.79. The standard InChI is InChI=1S/C11H20N4/c1-12-8-11-9-13-10-15(11)7-6-14-4-2-3-5-14/h9-10,12H,2-8H2,1H3. The van der Waals surface area contributed by atoms with E-state index >= 15 is 0 Å². The van der Waals surface area contributed by atoms with Crippen molar-refractivity contribution < 1.29 is 0 Å². The molecule has 2 rings (SSSR count). The molecule has 4 heteroatoms. The van der Waals surface area contributed by atoms with Crippen LogP contribution in [0, 0.1) is 0 Å². The molecule has 0 spiro atoms. The van der Waals surface area contributed by atoms with Gasteiger partial charge in [0.2, 0.25) is 0 Å². The third-order valence-electron chi connectivity index (χ3n) is 3.01. The number of hydrogen-bond donors (Lipinski definition) is 1. The van der Waals surface area contributed by atoms with Crippen LogP contribution < -0.4 is 5.32 Å². The molecule has 0 aliphatic carbocycles. The van der Waals surface area contributed by atoms with E-state index in [9.17, 15) is 0 Å². The van der Waals surface area contributed by atoms with Crippen LogP contribution in [-0.4, -0.2) is 41.1 Å². The molecule has 0 radical (unpaired) electrons. The van der Waals surface area contributed by atoms with Crippen LogP contribution in [0.3, 0.4) is 0 Å². The number of imidazole rings is 1. The molecule has 1 aromatic rings. The molecule has 1 aliphatic heterocycles. The maximum Gasteiger partial charge on any atom is 0.0949 e. The van der Waals surface area contributed by atoms with Crippen molar-refractivity contribution in [3.63, 3.8) is 0 Å². The summed E-state index contributed by atoms with van der Waals surface area (Å²) in [6.07, 6.45) is 6.61. The van der Waals surface area contributed by atoms with E-state index in [1.54, 1.807) is 0 Å². The summed E-state index contributed by atoms with van der Waals surface area (Å²) in [6.45, 7) is 5.68. The Morgan fingerprint density at radius 3 is 2.87 bits per heavy atom. The molecule has 1 aliphatic rings. The first-order chi connectivity index (χ1) is 7.40. The van der Waals surface area contributed by atoms with Crippen LogP contribution in [0.5, 0.6) is 0 Å². The molecular weight excluding hydrogens is 188 g/mol. The second kappa shape index (κ2) is 5.28. The molecule has 0 atom stereocenters. The summed E-state index contributed by atoms with van der Waals surface area (Å²) in [6, 6.07) is 0. The molecule has 0 amide bonds. The molecule has 0 unspecified atom stereocenters. The Morgan fingerprint density at radius 2 is 2.13 bits per heavy atom. The average Bonchev–Trinajstić information content (AvgIpc) is 2.85. The molecule has 1 saturated heterocycles. The summed E-state index contributed by atoms with van der Waals surface area (Å²) in [5, 5.41) is 3.16. The van der Waals surface area contributed by atoms with E-state index in [2.05, 4.69) is 19.8 Å². The molecule has 1 fully saturated rings. The number of hydrogen-bond acceptors (Lipinski definition) is 3. The Hall–Kier alpha value is -0.870. The van der Waals surface area contributed by atoms with Crippen LogP contribution in [0.15, 0.2) is 12.5 Å². The van der Waals surface area contributed by atoms with Gasteiger partial charge in [-0.25, -0.2) is 4.98 Å². The lowest BCUT2D eigenvalue weighted by molar-refractivity contribution is 0.320. The normalized spacial score (nSPS) is 17.4. The Balaban J connectivity index is 1.83. The van der Waals surface area contributed by atoms with Crippen LogP contribution in [0.2, 0.25) is 0 Å². The van der Waals surface area contributed by atoms with Gasteiger partial charge in [-0.1, -0.05) is 0 Å². The first kappa shape index (κ1) is 10.6. The average molecular weight is 208 g/mol. The molecule has 1 N–H and O–H groups in total. The molecular formula is C11H20N4. The fourth-order valence-corrected chi connectivity index (χ4v) is 2.13. The van der Waals surface area contributed by atoms with Crippen LogP contribution in [0.1, 0.15) is 18.5 Å². The van der Waals surface area contributed by atoms with Gasteiger partial charge in [0, 0.05) is 25.8 Å². The quantitative estimate of drug-likeness (QED) is 0.773. The van der Waals surface area contributed by atoms with E-state index in [1.165, 1.54) is 31.6 Å². The van der Waals surface area contributed by atoms with Gasteiger partial charge in [-0.2, -0.15) is 0 Å². The van der Waals surface area contributed by atoms with Gasteiger partial charge in [0.05, 0.1) is 12.0 Å². The summed E-state index contributed by atoms with van der Waals surface area (Å²) in [5.74, 6) is 0. The Kier molecular flexibility index (Phi) is 3.75. The van der Waals surface area contributed by atoms with E-state index in [1.807, 2.05) is 19.6 Å². The molecule has 2 heterocycles. The van der Waals surface area contributed by atoms with Crippen molar-refractivity contribution >= 4 is 0 Å². The van der Waals surface area contributed by atoms with Gasteiger partial charge < -0.3 is 14.8 Å². The van der Waals surface area contributed by atoms with Gasteiger partial charge >= 0.3 is 0 Å². The monoisotopic (exact) mass is 208 g/mol. The van der Waals surface area contributed by atoms with E-state index in [0.717, 1.165) is 19.6 Å². The lowest BCUT2D eigenvalue weighted by Gasteiger charge is -2.15. The third-order valence-corrected chi connectivity index (χ3v) is 3.01. The van der Waals surface area contributed by atoms with Crippen molar-refractivity contribution in [1.29, 1.82) is 0 Å². The topological polar surface area (TPSA) is 33.1 Å².